The highest BCUT2D eigenvalue weighted by Crippen LogP contribution is 2.29. The summed E-state index contributed by atoms with van der Waals surface area (Å²) >= 11 is 0. The second kappa shape index (κ2) is 22.3. The predicted octanol–water partition coefficient (Wildman–Crippen LogP) is 11.7. The van der Waals surface area contributed by atoms with Crippen LogP contribution in [0.1, 0.15) is 111 Å². The molecule has 0 unspecified atom stereocenters. The maximum Gasteiger partial charge on any atom is 0.0406 e. The minimum atomic E-state index is 0.704. The van der Waals surface area contributed by atoms with Gasteiger partial charge in [-0.05, 0) is 78.5 Å². The van der Waals surface area contributed by atoms with Crippen molar-refractivity contribution in [2.24, 2.45) is 29.6 Å². The molecule has 222 valence electrons. The summed E-state index contributed by atoms with van der Waals surface area (Å²) in [5, 5.41) is 0. The summed E-state index contributed by atoms with van der Waals surface area (Å²) in [7, 11) is 0. The van der Waals surface area contributed by atoms with Crippen LogP contribution in [0.25, 0.3) is 0 Å². The summed E-state index contributed by atoms with van der Waals surface area (Å²) in [5.41, 5.74) is 4.09. The molecule has 1 heteroatoms. The van der Waals surface area contributed by atoms with Crippen molar-refractivity contribution >= 4 is 0 Å². The van der Waals surface area contributed by atoms with Gasteiger partial charge in [0.15, 0.2) is 0 Å². The first kappa shape index (κ1) is 35.6. The number of benzene rings is 2. The Labute approximate surface area is 249 Å². The number of hydrogen-bond donors (Lipinski definition) is 0. The molecule has 2 aromatic carbocycles. The number of nitrogens with zero attached hydrogens (tertiary/aromatic N) is 1. The molecule has 40 heavy (non-hydrogen) atoms. The van der Waals surface area contributed by atoms with Crippen LogP contribution in [0, 0.1) is 29.6 Å². The number of aromatic nitrogens is 1. The first-order valence-electron chi connectivity index (χ1n) is 16.1. The molecule has 0 aliphatic heterocycles. The summed E-state index contributed by atoms with van der Waals surface area (Å²) in [6.07, 6.45) is 14.1. The Balaban J connectivity index is 0.000000267. The molecular weight excluding hydrogens is 482 g/mol. The summed E-state index contributed by atoms with van der Waals surface area (Å²) in [4.78, 5) is 4.22. The molecule has 0 saturated heterocycles. The topological polar surface area (TPSA) is 12.9 Å². The van der Waals surface area contributed by atoms with Gasteiger partial charge in [0.1, 0.15) is 0 Å². The average Bonchev–Trinajstić information content (AvgIpc) is 2.94. The highest BCUT2D eigenvalue weighted by molar-refractivity contribution is 5.15. The Morgan fingerprint density at radius 1 is 0.575 bits per heavy atom. The van der Waals surface area contributed by atoms with E-state index in [1.54, 1.807) is 0 Å². The summed E-state index contributed by atoms with van der Waals surface area (Å²) in [5.74, 6) is 4.27. The van der Waals surface area contributed by atoms with E-state index in [2.05, 4.69) is 127 Å². The van der Waals surface area contributed by atoms with Gasteiger partial charge in [0.25, 0.3) is 0 Å². The fourth-order valence-electron chi connectivity index (χ4n) is 4.92. The molecule has 0 atom stereocenters. The van der Waals surface area contributed by atoms with Crippen molar-refractivity contribution in [3.63, 3.8) is 0 Å². The zero-order valence-electron chi connectivity index (χ0n) is 27.3. The van der Waals surface area contributed by atoms with Gasteiger partial charge < -0.3 is 0 Å². The minimum absolute atomic E-state index is 0.704. The van der Waals surface area contributed by atoms with E-state index >= 15 is 0 Å². The van der Waals surface area contributed by atoms with E-state index in [0.717, 1.165) is 30.1 Å². The lowest BCUT2D eigenvalue weighted by Crippen LogP contribution is -2.12. The third-order valence-electron chi connectivity index (χ3n) is 7.28. The molecule has 1 nitrogen and oxygen atoms in total. The molecule has 1 heterocycles. The number of rotatable bonds is 8. The van der Waals surface area contributed by atoms with Crippen molar-refractivity contribution in [2.45, 2.75) is 113 Å². The Hall–Kier alpha value is -2.41. The van der Waals surface area contributed by atoms with Gasteiger partial charge in [0.05, 0.1) is 0 Å². The van der Waals surface area contributed by atoms with Crippen LogP contribution in [0.4, 0.5) is 0 Å². The van der Waals surface area contributed by atoms with Gasteiger partial charge in [-0.1, -0.05) is 154 Å². The molecule has 1 aliphatic rings. The third kappa shape index (κ3) is 19.6. The molecule has 1 aliphatic carbocycles. The predicted molar refractivity (Wildman–Crippen MR) is 179 cm³/mol. The van der Waals surface area contributed by atoms with Gasteiger partial charge in [-0.15, -0.1) is 0 Å². The Bertz CT molecular complexity index is 877. The van der Waals surface area contributed by atoms with Crippen LogP contribution in [0.5, 0.6) is 0 Å². The summed E-state index contributed by atoms with van der Waals surface area (Å²) < 4.78 is 0. The smallest absolute Gasteiger partial charge is 0.0406 e. The van der Waals surface area contributed by atoms with Crippen molar-refractivity contribution in [1.82, 2.24) is 4.98 Å². The summed E-state index contributed by atoms with van der Waals surface area (Å²) in [6, 6.07) is 27.3. The SMILES string of the molecule is CC(C)C1CCCCC1.CC(C)CCc1ccccc1.CC(C)Cc1ccccc1.CC(C)Cc1ccccn1. The zero-order chi connectivity index (χ0) is 29.6. The van der Waals surface area contributed by atoms with Crippen LogP contribution in [0.3, 0.4) is 0 Å². The number of aryl methyl sites for hydroxylation is 1. The van der Waals surface area contributed by atoms with Crippen LogP contribution in [-0.2, 0) is 19.3 Å². The fourth-order valence-corrected chi connectivity index (χ4v) is 4.92. The van der Waals surface area contributed by atoms with E-state index in [4.69, 9.17) is 0 Å². The lowest BCUT2D eigenvalue weighted by molar-refractivity contribution is 0.279. The monoisotopic (exact) mass is 543 g/mol. The standard InChI is InChI=1S/C11H16.C10H14.C9H13N.C9H18/c1-10(2)8-9-11-6-4-3-5-7-11;1-9(2)8-10-6-4-3-5-7-10;1-8(2)7-9-5-3-4-6-10-9;1-8(2)9-6-4-3-5-7-9/h3-7,10H,8-9H2,1-2H3;3-7,9H,8H2,1-2H3;3-6,8H,7H2,1-2H3;8-9H,3-7H2,1-2H3. The first-order valence-corrected chi connectivity index (χ1v) is 16.1. The second-order valence-corrected chi connectivity index (χ2v) is 13.1. The fraction of sp³-hybridized carbons (Fsp3) is 0.564. The van der Waals surface area contributed by atoms with E-state index in [9.17, 15) is 0 Å². The molecule has 1 fully saturated rings. The van der Waals surface area contributed by atoms with Gasteiger partial charge in [0, 0.05) is 11.9 Å². The van der Waals surface area contributed by atoms with Crippen LogP contribution < -0.4 is 0 Å². The maximum absolute atomic E-state index is 4.22. The molecule has 1 saturated carbocycles. The van der Waals surface area contributed by atoms with Gasteiger partial charge in [-0.3, -0.25) is 4.98 Å². The quantitative estimate of drug-likeness (QED) is 0.275. The Morgan fingerprint density at radius 3 is 1.52 bits per heavy atom. The molecule has 0 spiro atoms. The molecule has 0 bridgehead atoms. The lowest BCUT2D eigenvalue weighted by Gasteiger charge is -2.24. The number of hydrogen-bond acceptors (Lipinski definition) is 1. The first-order chi connectivity index (χ1) is 19.2. The maximum atomic E-state index is 4.22. The largest absolute Gasteiger partial charge is 0.261 e. The van der Waals surface area contributed by atoms with Crippen molar-refractivity contribution in [3.05, 3.63) is 102 Å². The third-order valence-corrected chi connectivity index (χ3v) is 7.28. The van der Waals surface area contributed by atoms with Crippen molar-refractivity contribution in [1.29, 1.82) is 0 Å². The number of pyridine rings is 1. The second-order valence-electron chi connectivity index (χ2n) is 13.1. The van der Waals surface area contributed by atoms with E-state index in [0.29, 0.717) is 5.92 Å². The molecule has 3 aromatic rings. The zero-order valence-corrected chi connectivity index (χ0v) is 27.3. The van der Waals surface area contributed by atoms with Gasteiger partial charge in [-0.25, -0.2) is 0 Å². The van der Waals surface area contributed by atoms with Crippen LogP contribution in [0.15, 0.2) is 85.1 Å². The molecule has 0 N–H and O–H groups in total. The van der Waals surface area contributed by atoms with E-state index < -0.39 is 0 Å². The van der Waals surface area contributed by atoms with E-state index in [-0.39, 0.29) is 0 Å². The Kier molecular flexibility index (Phi) is 19.9. The van der Waals surface area contributed by atoms with E-state index in [1.807, 2.05) is 18.3 Å². The highest BCUT2D eigenvalue weighted by atomic mass is 14.7. The lowest BCUT2D eigenvalue weighted by atomic mass is 9.82. The van der Waals surface area contributed by atoms with Crippen molar-refractivity contribution in [2.75, 3.05) is 0 Å². The normalized spacial score (nSPS) is 13.2. The van der Waals surface area contributed by atoms with Gasteiger partial charge in [0.2, 0.25) is 0 Å². The molecular formula is C39H61N. The van der Waals surface area contributed by atoms with Crippen LogP contribution >= 0.6 is 0 Å². The van der Waals surface area contributed by atoms with Gasteiger partial charge in [-0.2, -0.15) is 0 Å². The average molecular weight is 544 g/mol. The van der Waals surface area contributed by atoms with Crippen molar-refractivity contribution in [3.8, 4) is 0 Å². The minimum Gasteiger partial charge on any atom is -0.261 e. The highest BCUT2D eigenvalue weighted by Gasteiger charge is 2.15. The Morgan fingerprint density at radius 2 is 1.10 bits per heavy atom. The van der Waals surface area contributed by atoms with Crippen LogP contribution in [0.2, 0.25) is 0 Å². The van der Waals surface area contributed by atoms with Gasteiger partial charge >= 0.3 is 0 Å². The summed E-state index contributed by atoms with van der Waals surface area (Å²) in [6.45, 7) is 18.1. The van der Waals surface area contributed by atoms with Crippen LogP contribution in [-0.4, -0.2) is 4.98 Å². The molecule has 4 rings (SSSR count). The molecule has 1 aromatic heterocycles. The van der Waals surface area contributed by atoms with Crippen molar-refractivity contribution < 1.29 is 0 Å². The molecule has 0 radical (unpaired) electrons. The molecule has 0 amide bonds. The van der Waals surface area contributed by atoms with E-state index in [1.165, 1.54) is 68.2 Å².